The largest absolute Gasteiger partial charge is 0.332 e. The van der Waals surface area contributed by atoms with E-state index in [0.29, 0.717) is 11.3 Å². The number of nitro benzene ring substituents is 1. The highest BCUT2D eigenvalue weighted by atomic mass is 16.6. The summed E-state index contributed by atoms with van der Waals surface area (Å²) < 4.78 is 0. The normalized spacial score (nSPS) is 29.4. The van der Waals surface area contributed by atoms with Crippen molar-refractivity contribution in [1.82, 2.24) is 4.90 Å². The second-order valence-electron chi connectivity index (χ2n) is 6.26. The quantitative estimate of drug-likeness (QED) is 0.476. The molecule has 1 aliphatic carbocycles. The summed E-state index contributed by atoms with van der Waals surface area (Å²) in [4.78, 5) is 38.6. The number of hydrogen-bond acceptors (Lipinski definition) is 4. The molecule has 2 heterocycles. The number of benzene rings is 1. The van der Waals surface area contributed by atoms with Crippen LogP contribution >= 0.6 is 0 Å². The fraction of sp³-hybridized carbons (Fsp3) is 0.467. The smallest absolute Gasteiger partial charge is 0.309 e. The number of rotatable bonds is 2. The highest BCUT2D eigenvalue weighted by molar-refractivity contribution is 6.22. The molecular formula is C15H15N3O4. The lowest BCUT2D eigenvalue weighted by atomic mass is 9.99. The van der Waals surface area contributed by atoms with E-state index in [0.717, 1.165) is 19.3 Å². The molecule has 0 aromatic heterocycles. The van der Waals surface area contributed by atoms with Gasteiger partial charge in [0.05, 0.1) is 10.6 Å². The Morgan fingerprint density at radius 3 is 2.68 bits per heavy atom. The molecule has 3 amide bonds. The Balaban J connectivity index is 1.73. The third-order valence-corrected chi connectivity index (χ3v) is 5.10. The summed E-state index contributed by atoms with van der Waals surface area (Å²) in [6.07, 6.45) is 2.89. The lowest BCUT2D eigenvalue weighted by Crippen LogP contribution is -2.40. The molecule has 1 aromatic carbocycles. The molecule has 3 fully saturated rings. The van der Waals surface area contributed by atoms with Crippen molar-refractivity contribution in [2.45, 2.75) is 38.3 Å². The first-order chi connectivity index (χ1) is 10.5. The van der Waals surface area contributed by atoms with Gasteiger partial charge in [0.1, 0.15) is 6.04 Å². The number of amides is 3. The summed E-state index contributed by atoms with van der Waals surface area (Å²) in [5.74, 6) is 0.0824. The van der Waals surface area contributed by atoms with Crippen molar-refractivity contribution in [3.8, 4) is 0 Å². The lowest BCUT2D eigenvalue weighted by Gasteiger charge is -2.25. The van der Waals surface area contributed by atoms with Gasteiger partial charge in [0, 0.05) is 18.2 Å². The van der Waals surface area contributed by atoms with Gasteiger partial charge in [-0.15, -0.1) is 0 Å². The summed E-state index contributed by atoms with van der Waals surface area (Å²) in [7, 11) is 0. The van der Waals surface area contributed by atoms with E-state index in [1.807, 2.05) is 0 Å². The van der Waals surface area contributed by atoms with Crippen molar-refractivity contribution < 1.29 is 14.5 Å². The maximum Gasteiger partial charge on any atom is 0.332 e. The fourth-order valence-electron chi connectivity index (χ4n) is 4.15. The lowest BCUT2D eigenvalue weighted by molar-refractivity contribution is -0.384. The molecule has 3 unspecified atom stereocenters. The van der Waals surface area contributed by atoms with Gasteiger partial charge in [-0.05, 0) is 43.7 Å². The molecule has 3 aliphatic rings. The molecule has 2 bridgehead atoms. The van der Waals surface area contributed by atoms with Crippen LogP contribution in [0.5, 0.6) is 0 Å². The van der Waals surface area contributed by atoms with Crippen LogP contribution in [0.1, 0.15) is 24.8 Å². The number of imide groups is 1. The second-order valence-corrected chi connectivity index (χ2v) is 6.26. The highest BCUT2D eigenvalue weighted by Crippen LogP contribution is 2.47. The molecule has 0 radical (unpaired) electrons. The Hall–Kier alpha value is -2.44. The van der Waals surface area contributed by atoms with Crippen molar-refractivity contribution in [3.05, 3.63) is 33.9 Å². The zero-order chi connectivity index (χ0) is 15.6. The summed E-state index contributed by atoms with van der Waals surface area (Å²) in [6.45, 7) is 1.68. The van der Waals surface area contributed by atoms with E-state index in [4.69, 9.17) is 0 Å². The molecule has 2 saturated heterocycles. The molecule has 114 valence electrons. The van der Waals surface area contributed by atoms with Crippen LogP contribution in [0.2, 0.25) is 0 Å². The predicted molar refractivity (Wildman–Crippen MR) is 77.5 cm³/mol. The Labute approximate surface area is 126 Å². The van der Waals surface area contributed by atoms with Gasteiger partial charge in [-0.25, -0.2) is 9.69 Å². The number of hydrogen-bond donors (Lipinski definition) is 0. The molecule has 1 aromatic rings. The van der Waals surface area contributed by atoms with Gasteiger partial charge in [0.2, 0.25) is 0 Å². The van der Waals surface area contributed by atoms with Crippen molar-refractivity contribution >= 4 is 23.3 Å². The Bertz CT molecular complexity index is 689. The van der Waals surface area contributed by atoms with Crippen LogP contribution in [0, 0.1) is 23.0 Å². The number of carbonyl (C=O) groups is 2. The Morgan fingerprint density at radius 2 is 2.05 bits per heavy atom. The van der Waals surface area contributed by atoms with Gasteiger partial charge in [-0.3, -0.25) is 14.9 Å². The van der Waals surface area contributed by atoms with E-state index < -0.39 is 4.92 Å². The Kier molecular flexibility index (Phi) is 2.58. The van der Waals surface area contributed by atoms with Gasteiger partial charge in [0.15, 0.2) is 0 Å². The third kappa shape index (κ3) is 1.56. The van der Waals surface area contributed by atoms with E-state index in [2.05, 4.69) is 0 Å². The summed E-state index contributed by atoms with van der Waals surface area (Å²) >= 11 is 0. The van der Waals surface area contributed by atoms with E-state index in [9.17, 15) is 19.7 Å². The molecule has 3 atom stereocenters. The standard InChI is InChI=1S/C15H15N3O4/c1-8-6-11(18(21)22)4-5-12(8)17-14(19)13-9-2-3-10(7-9)16(13)15(17)20/h4-6,9-10,13H,2-3,7H2,1H3. The van der Waals surface area contributed by atoms with Crippen LogP contribution in [0.15, 0.2) is 18.2 Å². The van der Waals surface area contributed by atoms with Crippen molar-refractivity contribution in [2.24, 2.45) is 5.92 Å². The number of fused-ring (bicyclic) bond motifs is 5. The molecule has 1 saturated carbocycles. The first-order valence-electron chi connectivity index (χ1n) is 7.40. The van der Waals surface area contributed by atoms with E-state index >= 15 is 0 Å². The molecule has 22 heavy (non-hydrogen) atoms. The van der Waals surface area contributed by atoms with Crippen LogP contribution in [-0.2, 0) is 4.79 Å². The molecule has 4 rings (SSSR count). The number of urea groups is 1. The number of non-ortho nitro benzene ring substituents is 1. The molecule has 0 N–H and O–H groups in total. The van der Waals surface area contributed by atoms with Crippen molar-refractivity contribution in [1.29, 1.82) is 0 Å². The number of nitro groups is 1. The van der Waals surface area contributed by atoms with Gasteiger partial charge in [0.25, 0.3) is 11.6 Å². The first-order valence-corrected chi connectivity index (χ1v) is 7.40. The Morgan fingerprint density at radius 1 is 1.27 bits per heavy atom. The average molecular weight is 301 g/mol. The number of aryl methyl sites for hydroxylation is 1. The maximum atomic E-state index is 12.7. The number of nitrogens with zero attached hydrogens (tertiary/aromatic N) is 3. The minimum absolute atomic E-state index is 0.0408. The molecular weight excluding hydrogens is 286 g/mol. The van der Waals surface area contributed by atoms with Crippen LogP contribution in [0.4, 0.5) is 16.2 Å². The summed E-state index contributed by atoms with van der Waals surface area (Å²) in [5.41, 5.74) is 0.972. The van der Waals surface area contributed by atoms with Crippen LogP contribution in [0.3, 0.4) is 0 Å². The second kappa shape index (κ2) is 4.28. The minimum Gasteiger partial charge on any atom is -0.309 e. The van der Waals surface area contributed by atoms with Crippen molar-refractivity contribution in [2.75, 3.05) is 4.90 Å². The zero-order valence-electron chi connectivity index (χ0n) is 12.1. The summed E-state index contributed by atoms with van der Waals surface area (Å²) in [5, 5.41) is 10.8. The van der Waals surface area contributed by atoms with E-state index in [1.165, 1.54) is 23.1 Å². The SMILES string of the molecule is Cc1cc([N+](=O)[O-])ccc1N1C(=O)C2C3CCC(C3)N2C1=O. The van der Waals surface area contributed by atoms with Gasteiger partial charge < -0.3 is 4.90 Å². The number of piperidine rings is 1. The number of carbonyl (C=O) groups excluding carboxylic acids is 2. The molecule has 7 heteroatoms. The number of anilines is 1. The zero-order valence-corrected chi connectivity index (χ0v) is 12.1. The van der Waals surface area contributed by atoms with Gasteiger partial charge in [-0.1, -0.05) is 0 Å². The molecule has 2 aliphatic heterocycles. The molecule has 7 nitrogen and oxygen atoms in total. The molecule has 0 spiro atoms. The van der Waals surface area contributed by atoms with Gasteiger partial charge in [-0.2, -0.15) is 0 Å². The van der Waals surface area contributed by atoms with Crippen molar-refractivity contribution in [3.63, 3.8) is 0 Å². The maximum absolute atomic E-state index is 12.7. The summed E-state index contributed by atoms with van der Waals surface area (Å²) in [6, 6.07) is 3.79. The predicted octanol–water partition coefficient (Wildman–Crippen LogP) is 2.22. The van der Waals surface area contributed by atoms with E-state index in [1.54, 1.807) is 11.8 Å². The highest BCUT2D eigenvalue weighted by Gasteiger charge is 2.59. The van der Waals surface area contributed by atoms with Gasteiger partial charge >= 0.3 is 6.03 Å². The van der Waals surface area contributed by atoms with Crippen LogP contribution in [-0.4, -0.2) is 33.8 Å². The third-order valence-electron chi connectivity index (χ3n) is 5.10. The average Bonchev–Trinajstić information content (AvgIpc) is 3.14. The van der Waals surface area contributed by atoms with E-state index in [-0.39, 0.29) is 35.6 Å². The first kappa shape index (κ1) is 13.2. The minimum atomic E-state index is -0.483. The van der Waals surface area contributed by atoms with Crippen LogP contribution in [0.25, 0.3) is 0 Å². The van der Waals surface area contributed by atoms with Crippen LogP contribution < -0.4 is 4.90 Å². The monoisotopic (exact) mass is 301 g/mol. The fourth-order valence-corrected chi connectivity index (χ4v) is 4.15. The topological polar surface area (TPSA) is 83.8 Å².